The molecule has 1 aliphatic rings. The van der Waals surface area contributed by atoms with Crippen LogP contribution in [0.25, 0.3) is 11.0 Å². The number of fused-ring (bicyclic) bond motifs is 2. The van der Waals surface area contributed by atoms with Gasteiger partial charge in [-0.05, 0) is 61.1 Å². The van der Waals surface area contributed by atoms with E-state index in [9.17, 15) is 0 Å². The quantitative estimate of drug-likeness (QED) is 0.810. The number of rotatable bonds is 2. The first kappa shape index (κ1) is 8.98. The lowest BCUT2D eigenvalue weighted by Gasteiger charge is -1.99. The Morgan fingerprint density at radius 2 is 2.00 bits per heavy atom. The van der Waals surface area contributed by atoms with E-state index in [4.69, 9.17) is 10.2 Å². The number of hydrogen-bond acceptors (Lipinski definition) is 2. The molecule has 15 heavy (non-hydrogen) atoms. The molecule has 2 aromatic rings. The van der Waals surface area contributed by atoms with Crippen LogP contribution in [0.2, 0.25) is 0 Å². The molecule has 0 spiro atoms. The molecular weight excluding hydrogens is 186 g/mol. The minimum Gasteiger partial charge on any atom is -0.464 e. The molecule has 0 fully saturated rings. The van der Waals surface area contributed by atoms with E-state index in [0.717, 1.165) is 12.0 Å². The zero-order valence-corrected chi connectivity index (χ0v) is 8.75. The molecule has 0 bridgehead atoms. The minimum absolute atomic E-state index is 0.686. The number of nitrogens with two attached hydrogens (primary N) is 1. The van der Waals surface area contributed by atoms with Gasteiger partial charge in [0.05, 0.1) is 6.26 Å². The summed E-state index contributed by atoms with van der Waals surface area (Å²) in [5.74, 6) is 0. The van der Waals surface area contributed by atoms with Crippen LogP contribution in [0.15, 0.2) is 22.8 Å². The lowest BCUT2D eigenvalue weighted by atomic mass is 10.0. The van der Waals surface area contributed by atoms with Crippen molar-refractivity contribution in [1.82, 2.24) is 0 Å². The molecule has 0 saturated carbocycles. The highest BCUT2D eigenvalue weighted by Crippen LogP contribution is 2.30. The van der Waals surface area contributed by atoms with E-state index in [1.165, 1.54) is 41.3 Å². The third kappa shape index (κ3) is 1.37. The van der Waals surface area contributed by atoms with Crippen LogP contribution in [0.1, 0.15) is 23.1 Å². The first-order valence-corrected chi connectivity index (χ1v) is 5.60. The van der Waals surface area contributed by atoms with Gasteiger partial charge in [-0.25, -0.2) is 0 Å². The molecule has 0 saturated heterocycles. The van der Waals surface area contributed by atoms with Gasteiger partial charge in [-0.2, -0.15) is 0 Å². The van der Waals surface area contributed by atoms with Crippen LogP contribution >= 0.6 is 0 Å². The Hall–Kier alpha value is -1.28. The molecule has 1 aromatic carbocycles. The van der Waals surface area contributed by atoms with Gasteiger partial charge in [0.25, 0.3) is 0 Å². The Morgan fingerprint density at radius 3 is 2.80 bits per heavy atom. The molecular formula is C13H15NO. The summed E-state index contributed by atoms with van der Waals surface area (Å²) in [5, 5.41) is 1.26. The molecule has 2 heteroatoms. The van der Waals surface area contributed by atoms with Gasteiger partial charge >= 0.3 is 0 Å². The molecule has 0 unspecified atom stereocenters. The van der Waals surface area contributed by atoms with E-state index in [-0.39, 0.29) is 0 Å². The molecule has 0 amide bonds. The predicted octanol–water partition coefficient (Wildman–Crippen LogP) is 2.42. The molecule has 1 aromatic heterocycles. The fourth-order valence-corrected chi connectivity index (χ4v) is 2.50. The smallest absolute Gasteiger partial charge is 0.134 e. The van der Waals surface area contributed by atoms with Crippen LogP contribution < -0.4 is 5.73 Å². The average Bonchev–Trinajstić information content (AvgIpc) is 2.82. The van der Waals surface area contributed by atoms with Crippen molar-refractivity contribution in [3.63, 3.8) is 0 Å². The van der Waals surface area contributed by atoms with Gasteiger partial charge < -0.3 is 10.2 Å². The maximum Gasteiger partial charge on any atom is 0.134 e. The van der Waals surface area contributed by atoms with Crippen LogP contribution in [0.3, 0.4) is 0 Å². The van der Waals surface area contributed by atoms with Crippen molar-refractivity contribution >= 4 is 11.0 Å². The molecule has 1 aliphatic carbocycles. The highest BCUT2D eigenvalue weighted by atomic mass is 16.3. The average molecular weight is 201 g/mol. The van der Waals surface area contributed by atoms with Crippen LogP contribution in [-0.2, 0) is 19.3 Å². The summed E-state index contributed by atoms with van der Waals surface area (Å²) in [6.07, 6.45) is 6.48. The van der Waals surface area contributed by atoms with E-state index in [1.807, 2.05) is 6.26 Å². The summed E-state index contributed by atoms with van der Waals surface area (Å²) in [5.41, 5.74) is 10.8. The number of aryl methyl sites for hydroxylation is 2. The molecule has 0 atom stereocenters. The molecule has 3 rings (SSSR count). The van der Waals surface area contributed by atoms with Crippen molar-refractivity contribution < 1.29 is 4.42 Å². The molecule has 1 heterocycles. The van der Waals surface area contributed by atoms with Crippen molar-refractivity contribution in [3.05, 3.63) is 35.1 Å². The molecule has 0 aliphatic heterocycles. The number of benzene rings is 1. The van der Waals surface area contributed by atoms with E-state index in [0.29, 0.717) is 6.54 Å². The van der Waals surface area contributed by atoms with Crippen molar-refractivity contribution in [2.45, 2.75) is 25.7 Å². The number of furan rings is 1. The Morgan fingerprint density at radius 1 is 1.20 bits per heavy atom. The maximum atomic E-state index is 5.58. The van der Waals surface area contributed by atoms with Gasteiger partial charge in [-0.15, -0.1) is 0 Å². The van der Waals surface area contributed by atoms with Crippen molar-refractivity contribution in [2.24, 2.45) is 5.73 Å². The monoisotopic (exact) mass is 201 g/mol. The van der Waals surface area contributed by atoms with Gasteiger partial charge in [-0.1, -0.05) is 0 Å². The Labute approximate surface area is 89.1 Å². The third-order valence-corrected chi connectivity index (χ3v) is 3.28. The van der Waals surface area contributed by atoms with Gasteiger partial charge in [-0.3, -0.25) is 0 Å². The Balaban J connectivity index is 2.18. The first-order valence-electron chi connectivity index (χ1n) is 5.60. The van der Waals surface area contributed by atoms with Crippen molar-refractivity contribution in [1.29, 1.82) is 0 Å². The summed E-state index contributed by atoms with van der Waals surface area (Å²) in [7, 11) is 0. The van der Waals surface area contributed by atoms with E-state index < -0.39 is 0 Å². The van der Waals surface area contributed by atoms with Gasteiger partial charge in [0.15, 0.2) is 0 Å². The van der Waals surface area contributed by atoms with Crippen molar-refractivity contribution in [3.8, 4) is 0 Å². The molecule has 0 radical (unpaired) electrons. The van der Waals surface area contributed by atoms with E-state index in [1.54, 1.807) is 0 Å². The summed E-state index contributed by atoms with van der Waals surface area (Å²) in [6.45, 7) is 0.686. The highest BCUT2D eigenvalue weighted by Gasteiger charge is 2.14. The van der Waals surface area contributed by atoms with Crippen LogP contribution in [0, 0.1) is 0 Å². The zero-order valence-electron chi connectivity index (χ0n) is 8.75. The second-order valence-electron chi connectivity index (χ2n) is 4.27. The summed E-state index contributed by atoms with van der Waals surface area (Å²) in [4.78, 5) is 0. The standard InChI is InChI=1S/C13H15NO/c14-5-4-11-8-15-13-7-10-3-1-2-9(10)6-12(11)13/h6-8H,1-5,14H2. The topological polar surface area (TPSA) is 39.2 Å². The van der Waals surface area contributed by atoms with Crippen LogP contribution in [-0.4, -0.2) is 6.54 Å². The second kappa shape index (κ2) is 3.38. The zero-order chi connectivity index (χ0) is 10.3. The largest absolute Gasteiger partial charge is 0.464 e. The summed E-state index contributed by atoms with van der Waals surface area (Å²) >= 11 is 0. The third-order valence-electron chi connectivity index (χ3n) is 3.28. The van der Waals surface area contributed by atoms with Gasteiger partial charge in [0.2, 0.25) is 0 Å². The number of hydrogen-bond donors (Lipinski definition) is 1. The SMILES string of the molecule is NCCc1coc2cc3c(cc12)CCC3. The fraction of sp³-hybridized carbons (Fsp3) is 0.385. The second-order valence-corrected chi connectivity index (χ2v) is 4.27. The van der Waals surface area contributed by atoms with Crippen molar-refractivity contribution in [2.75, 3.05) is 6.54 Å². The lowest BCUT2D eigenvalue weighted by molar-refractivity contribution is 0.610. The molecule has 78 valence electrons. The van der Waals surface area contributed by atoms with Gasteiger partial charge in [0.1, 0.15) is 5.58 Å². The van der Waals surface area contributed by atoms with E-state index in [2.05, 4.69) is 12.1 Å². The van der Waals surface area contributed by atoms with Crippen LogP contribution in [0.5, 0.6) is 0 Å². The maximum absolute atomic E-state index is 5.58. The van der Waals surface area contributed by atoms with Crippen LogP contribution in [0.4, 0.5) is 0 Å². The fourth-order valence-electron chi connectivity index (χ4n) is 2.50. The normalized spacial score (nSPS) is 14.7. The van der Waals surface area contributed by atoms with Gasteiger partial charge in [0, 0.05) is 5.39 Å². The summed E-state index contributed by atoms with van der Waals surface area (Å²) in [6, 6.07) is 4.50. The Kier molecular flexibility index (Phi) is 2.03. The first-order chi connectivity index (χ1) is 7.38. The molecule has 2 N–H and O–H groups in total. The Bertz CT molecular complexity index is 498. The lowest BCUT2D eigenvalue weighted by Crippen LogP contribution is -2.01. The molecule has 2 nitrogen and oxygen atoms in total. The summed E-state index contributed by atoms with van der Waals surface area (Å²) < 4.78 is 5.57. The van der Waals surface area contributed by atoms with E-state index >= 15 is 0 Å². The minimum atomic E-state index is 0.686. The predicted molar refractivity (Wildman–Crippen MR) is 61.0 cm³/mol. The highest BCUT2D eigenvalue weighted by molar-refractivity contribution is 5.83.